The molecule has 0 atom stereocenters. The number of nitrogens with zero attached hydrogens (tertiary/aromatic N) is 1. The molecule has 0 bridgehead atoms. The quantitative estimate of drug-likeness (QED) is 0.379. The van der Waals surface area contributed by atoms with Crippen LogP contribution in [0.25, 0.3) is 0 Å². The summed E-state index contributed by atoms with van der Waals surface area (Å²) in [7, 11) is 0. The van der Waals surface area contributed by atoms with Crippen LogP contribution in [0.1, 0.15) is 4.88 Å². The van der Waals surface area contributed by atoms with Crippen molar-refractivity contribution in [3.63, 3.8) is 0 Å². The smallest absolute Gasteiger partial charge is 0.384 e. The fourth-order valence-corrected chi connectivity index (χ4v) is 2.74. The van der Waals surface area contributed by atoms with Crippen LogP contribution in [0.5, 0.6) is 0 Å². The van der Waals surface area contributed by atoms with Crippen molar-refractivity contribution in [1.82, 2.24) is 0 Å². The van der Waals surface area contributed by atoms with Gasteiger partial charge in [0.15, 0.2) is 0 Å². The number of nitrogens with one attached hydrogen (secondary N) is 1. The number of carbonyl (C=O) groups is 1. The second-order valence-electron chi connectivity index (χ2n) is 4.00. The van der Waals surface area contributed by atoms with Crippen molar-refractivity contribution in [2.75, 3.05) is 5.32 Å². The molecular formula is C13H11Cl2N3O2S. The number of amides is 1. The molecule has 0 unspecified atom stereocenters. The molecule has 5 nitrogen and oxygen atoms in total. The van der Waals surface area contributed by atoms with Crippen molar-refractivity contribution < 1.29 is 9.63 Å². The Bertz CT molecular complexity index is 639. The van der Waals surface area contributed by atoms with E-state index in [-0.39, 0.29) is 5.84 Å². The number of rotatable bonds is 4. The summed E-state index contributed by atoms with van der Waals surface area (Å²) in [6.07, 6.45) is -0.351. The van der Waals surface area contributed by atoms with Crippen molar-refractivity contribution in [1.29, 1.82) is 0 Å². The van der Waals surface area contributed by atoms with E-state index in [0.29, 0.717) is 22.2 Å². The molecule has 0 saturated carbocycles. The SMILES string of the molecule is N/C(Cc1cccs1)=N\OC(=O)Nc1cc(Cl)cc(Cl)c1. The molecule has 2 aromatic rings. The van der Waals surface area contributed by atoms with Crippen LogP contribution in [-0.4, -0.2) is 11.9 Å². The Morgan fingerprint density at radius 1 is 1.33 bits per heavy atom. The van der Waals surface area contributed by atoms with Gasteiger partial charge >= 0.3 is 6.09 Å². The van der Waals surface area contributed by atoms with Gasteiger partial charge in [-0.05, 0) is 29.6 Å². The zero-order valence-electron chi connectivity index (χ0n) is 10.7. The monoisotopic (exact) mass is 343 g/mol. The zero-order chi connectivity index (χ0) is 15.2. The van der Waals surface area contributed by atoms with Gasteiger partial charge in [0.05, 0.1) is 0 Å². The lowest BCUT2D eigenvalue weighted by molar-refractivity contribution is 0.166. The lowest BCUT2D eigenvalue weighted by Gasteiger charge is -2.04. The van der Waals surface area contributed by atoms with Crippen LogP contribution in [0.3, 0.4) is 0 Å². The first kappa shape index (κ1) is 15.6. The van der Waals surface area contributed by atoms with Gasteiger partial charge in [0.1, 0.15) is 5.84 Å². The van der Waals surface area contributed by atoms with E-state index in [4.69, 9.17) is 28.9 Å². The number of thiophene rings is 1. The van der Waals surface area contributed by atoms with E-state index in [1.165, 1.54) is 12.1 Å². The second kappa shape index (κ2) is 7.31. The summed E-state index contributed by atoms with van der Waals surface area (Å²) in [5.74, 6) is 0.205. The highest BCUT2D eigenvalue weighted by Crippen LogP contribution is 2.22. The van der Waals surface area contributed by atoms with Crippen molar-refractivity contribution in [3.8, 4) is 0 Å². The molecule has 110 valence electrons. The largest absolute Gasteiger partial charge is 0.437 e. The second-order valence-corrected chi connectivity index (χ2v) is 5.91. The summed E-state index contributed by atoms with van der Waals surface area (Å²) in [5, 5.41) is 8.74. The van der Waals surface area contributed by atoms with Gasteiger partial charge in [-0.1, -0.05) is 34.4 Å². The van der Waals surface area contributed by atoms with Gasteiger partial charge in [0.2, 0.25) is 0 Å². The third-order valence-corrected chi connectivity index (χ3v) is 3.60. The van der Waals surface area contributed by atoms with Crippen LogP contribution in [0.15, 0.2) is 40.9 Å². The maximum atomic E-state index is 11.6. The highest BCUT2D eigenvalue weighted by Gasteiger charge is 2.06. The number of nitrogens with two attached hydrogens (primary N) is 1. The molecule has 8 heteroatoms. The molecule has 1 amide bonds. The first-order chi connectivity index (χ1) is 10.0. The number of hydrogen-bond acceptors (Lipinski definition) is 4. The topological polar surface area (TPSA) is 76.7 Å². The number of hydrogen-bond donors (Lipinski definition) is 2. The van der Waals surface area contributed by atoms with E-state index < -0.39 is 6.09 Å². The predicted octanol–water partition coefficient (Wildman–Crippen LogP) is 4.12. The highest BCUT2D eigenvalue weighted by molar-refractivity contribution is 7.10. The minimum atomic E-state index is -0.775. The standard InChI is InChI=1S/C13H11Cl2N3O2S/c14-8-4-9(15)6-10(5-8)17-13(19)20-18-12(16)7-11-2-1-3-21-11/h1-6H,7H2,(H2,16,18)(H,17,19). The molecule has 1 aromatic carbocycles. The molecule has 3 N–H and O–H groups in total. The fraction of sp³-hybridized carbons (Fsp3) is 0.0769. The summed E-state index contributed by atoms with van der Waals surface area (Å²) < 4.78 is 0. The molecule has 0 radical (unpaired) electrons. The number of amidine groups is 1. The summed E-state index contributed by atoms with van der Waals surface area (Å²) in [6.45, 7) is 0. The Balaban J connectivity index is 1.89. The molecule has 0 aliphatic heterocycles. The first-order valence-corrected chi connectivity index (χ1v) is 7.45. The Labute approximate surface area is 135 Å². The van der Waals surface area contributed by atoms with Crippen LogP contribution in [0, 0.1) is 0 Å². The van der Waals surface area contributed by atoms with Crippen molar-refractivity contribution in [2.45, 2.75) is 6.42 Å². The van der Waals surface area contributed by atoms with Crippen LogP contribution >= 0.6 is 34.5 Å². The minimum Gasteiger partial charge on any atom is -0.384 e. The summed E-state index contributed by atoms with van der Waals surface area (Å²) >= 11 is 13.2. The van der Waals surface area contributed by atoms with Crippen LogP contribution in [-0.2, 0) is 11.3 Å². The van der Waals surface area contributed by atoms with Gasteiger partial charge < -0.3 is 5.73 Å². The third kappa shape index (κ3) is 5.26. The summed E-state index contributed by atoms with van der Waals surface area (Å²) in [4.78, 5) is 17.3. The number of benzene rings is 1. The Morgan fingerprint density at radius 2 is 2.05 bits per heavy atom. The normalized spacial score (nSPS) is 11.2. The molecule has 1 heterocycles. The molecule has 0 saturated heterocycles. The van der Waals surface area contributed by atoms with Crippen LogP contribution < -0.4 is 11.1 Å². The van der Waals surface area contributed by atoms with Crippen LogP contribution in [0.2, 0.25) is 10.0 Å². The Kier molecular flexibility index (Phi) is 5.44. The van der Waals surface area contributed by atoms with Gasteiger partial charge in [0.25, 0.3) is 0 Å². The maximum absolute atomic E-state index is 11.6. The van der Waals surface area contributed by atoms with Gasteiger partial charge in [-0.2, -0.15) is 0 Å². The lowest BCUT2D eigenvalue weighted by Crippen LogP contribution is -2.18. The van der Waals surface area contributed by atoms with Gasteiger partial charge in [0, 0.05) is 27.0 Å². The highest BCUT2D eigenvalue weighted by atomic mass is 35.5. The lowest BCUT2D eigenvalue weighted by atomic mass is 10.3. The zero-order valence-corrected chi connectivity index (χ0v) is 13.0. The Hall–Kier alpha value is -1.76. The average molecular weight is 344 g/mol. The number of oxime groups is 1. The maximum Gasteiger partial charge on any atom is 0.437 e. The molecule has 0 aliphatic carbocycles. The molecule has 21 heavy (non-hydrogen) atoms. The first-order valence-electron chi connectivity index (χ1n) is 5.82. The van der Waals surface area contributed by atoms with E-state index in [9.17, 15) is 4.79 Å². The van der Waals surface area contributed by atoms with E-state index in [1.807, 2.05) is 17.5 Å². The Morgan fingerprint density at radius 3 is 2.67 bits per heavy atom. The van der Waals surface area contributed by atoms with Crippen LogP contribution in [0.4, 0.5) is 10.5 Å². The summed E-state index contributed by atoms with van der Waals surface area (Å²) in [6, 6.07) is 8.45. The molecule has 2 rings (SSSR count). The minimum absolute atomic E-state index is 0.205. The van der Waals surface area contributed by atoms with Crippen molar-refractivity contribution in [3.05, 3.63) is 50.6 Å². The number of halogens is 2. The third-order valence-electron chi connectivity index (χ3n) is 2.29. The predicted molar refractivity (Wildman–Crippen MR) is 86.2 cm³/mol. The molecular weight excluding hydrogens is 333 g/mol. The fourth-order valence-electron chi connectivity index (χ4n) is 1.49. The van der Waals surface area contributed by atoms with Gasteiger partial charge in [-0.15, -0.1) is 11.3 Å². The van der Waals surface area contributed by atoms with Gasteiger partial charge in [-0.25, -0.2) is 4.79 Å². The van der Waals surface area contributed by atoms with E-state index in [2.05, 4.69) is 15.3 Å². The molecule has 1 aromatic heterocycles. The molecule has 0 spiro atoms. The van der Waals surface area contributed by atoms with Gasteiger partial charge in [-0.3, -0.25) is 10.2 Å². The number of anilines is 1. The number of carbonyl (C=O) groups excluding carboxylic acids is 1. The van der Waals surface area contributed by atoms with Crippen molar-refractivity contribution >= 4 is 52.2 Å². The van der Waals surface area contributed by atoms with E-state index in [0.717, 1.165) is 4.88 Å². The van der Waals surface area contributed by atoms with Crippen molar-refractivity contribution in [2.24, 2.45) is 10.9 Å². The molecule has 0 fully saturated rings. The molecule has 0 aliphatic rings. The average Bonchev–Trinajstić information content (AvgIpc) is 2.88. The van der Waals surface area contributed by atoms with E-state index >= 15 is 0 Å². The summed E-state index contributed by atoms with van der Waals surface area (Å²) in [5.41, 5.74) is 6.07. The van der Waals surface area contributed by atoms with E-state index in [1.54, 1.807) is 17.4 Å².